The first-order valence-corrected chi connectivity index (χ1v) is 23.2. The quantitative estimate of drug-likeness (QED) is 0.141. The molecule has 0 atom stereocenters. The van der Waals surface area contributed by atoms with Crippen molar-refractivity contribution in [2.24, 2.45) is 0 Å². The van der Waals surface area contributed by atoms with Gasteiger partial charge in [-0.2, -0.15) is 0 Å². The van der Waals surface area contributed by atoms with Gasteiger partial charge in [-0.15, -0.1) is 0 Å². The molecule has 0 amide bonds. The summed E-state index contributed by atoms with van der Waals surface area (Å²) in [6.07, 6.45) is 0. The summed E-state index contributed by atoms with van der Waals surface area (Å²) in [6.45, 7) is 0. The molecule has 0 saturated heterocycles. The summed E-state index contributed by atoms with van der Waals surface area (Å²) in [6, 6.07) is 67.9. The molecule has 0 aliphatic heterocycles. The van der Waals surface area contributed by atoms with Crippen molar-refractivity contribution in [2.45, 2.75) is 0 Å². The molecule has 2 aromatic heterocycles. The summed E-state index contributed by atoms with van der Waals surface area (Å²) in [5.74, 6) is 1.54. The van der Waals surface area contributed by atoms with Crippen molar-refractivity contribution in [3.05, 3.63) is 193 Å². The van der Waals surface area contributed by atoms with Gasteiger partial charge >= 0.3 is 345 Å². The monoisotopic (exact) mass is 990 g/mol. The summed E-state index contributed by atoms with van der Waals surface area (Å²) in [4.78, 5) is 4.88. The molecule has 54 heavy (non-hydrogen) atoms. The molecular weight excluding hydrogens is 956 g/mol. The topological polar surface area (TPSA) is 15.7 Å². The number of rotatable bonds is 8. The van der Waals surface area contributed by atoms with Crippen molar-refractivity contribution in [2.75, 3.05) is 9.80 Å². The van der Waals surface area contributed by atoms with Crippen LogP contribution in [0, 0.1) is 0 Å². The van der Waals surface area contributed by atoms with Crippen LogP contribution in [0.15, 0.2) is 193 Å². The van der Waals surface area contributed by atoms with Gasteiger partial charge in [-0.25, -0.2) is 0 Å². The Bertz CT molecular complexity index is 2780. The Hall–Kier alpha value is -4.78. The zero-order valence-corrected chi connectivity index (χ0v) is 35.1. The number of ether oxygens (including phenoxy) is 1. The van der Waals surface area contributed by atoms with E-state index in [0.717, 1.165) is 38.7 Å². The van der Waals surface area contributed by atoms with Gasteiger partial charge < -0.3 is 0 Å². The van der Waals surface area contributed by atoms with Crippen LogP contribution in [0.3, 0.4) is 0 Å². The summed E-state index contributed by atoms with van der Waals surface area (Å²) >= 11 is 2.42. The Morgan fingerprint density at radius 3 is 1.35 bits per heavy atom. The van der Waals surface area contributed by atoms with Crippen molar-refractivity contribution < 1.29 is 4.74 Å². The number of hydrogen-bond acceptors (Lipinski definition) is 3. The normalized spacial score (nSPS) is 11.4. The number of para-hydroxylation sites is 2. The van der Waals surface area contributed by atoms with E-state index in [2.05, 4.69) is 190 Å². The van der Waals surface area contributed by atoms with Crippen molar-refractivity contribution in [1.82, 2.24) is 0 Å². The van der Waals surface area contributed by atoms with Gasteiger partial charge in [-0.1, -0.05) is 0 Å². The molecule has 2 heterocycles. The summed E-state index contributed by atoms with van der Waals surface area (Å²) in [7, 11) is 0. The Balaban J connectivity index is 1.25. The van der Waals surface area contributed by atoms with Crippen molar-refractivity contribution in [3.8, 4) is 11.5 Å². The molecule has 6 heteroatoms. The molecule has 0 bridgehead atoms. The fourth-order valence-electron chi connectivity index (χ4n) is 7.38. The molecule has 0 aliphatic rings. The van der Waals surface area contributed by atoms with Crippen LogP contribution in [0.5, 0.6) is 11.5 Å². The molecule has 3 nitrogen and oxygen atoms in total. The van der Waals surface area contributed by atoms with Gasteiger partial charge in [0.05, 0.1) is 0 Å². The number of fused-ring (bicyclic) bond motifs is 6. The first-order chi connectivity index (χ1) is 26.7. The molecule has 0 N–H and O–H groups in total. The van der Waals surface area contributed by atoms with E-state index in [1.807, 2.05) is 24.3 Å². The third-order valence-corrected chi connectivity index (χ3v) is 17.1. The van der Waals surface area contributed by atoms with Crippen LogP contribution >= 0.6 is 15.9 Å². The number of halogens is 1. The zero-order chi connectivity index (χ0) is 36.0. The molecule has 258 valence electrons. The van der Waals surface area contributed by atoms with E-state index in [0.29, 0.717) is 0 Å². The minimum atomic E-state index is -0.625. The second kappa shape index (κ2) is 14.5. The van der Waals surface area contributed by atoms with Crippen LogP contribution in [0.4, 0.5) is 34.1 Å². The van der Waals surface area contributed by atoms with Crippen LogP contribution in [0.1, 0.15) is 0 Å². The van der Waals surface area contributed by atoms with Gasteiger partial charge in [-0.3, -0.25) is 0 Å². The summed E-state index contributed by atoms with van der Waals surface area (Å²) in [5, 5.41) is 5.44. The van der Waals surface area contributed by atoms with Crippen LogP contribution in [0.25, 0.3) is 35.2 Å². The third-order valence-electron chi connectivity index (χ3n) is 9.70. The fraction of sp³-hybridized carbons (Fsp3) is 0. The van der Waals surface area contributed by atoms with E-state index < -0.39 is 40.9 Å². The van der Waals surface area contributed by atoms with Gasteiger partial charge in [0, 0.05) is 0 Å². The van der Waals surface area contributed by atoms with Gasteiger partial charge in [0.25, 0.3) is 0 Å². The molecule has 10 aromatic rings. The van der Waals surface area contributed by atoms with Crippen LogP contribution < -0.4 is 14.5 Å². The number of hydrogen-bond donors (Lipinski definition) is 0. The molecule has 0 unspecified atom stereocenters. The standard InChI is InChI=1S/C48H31BrN2OTe2/c49-32-14-11-19-37(28-32)52-38-30-35(50(33-15-3-1-4-16-33)43-24-12-22-41-39-20-7-9-26-45(39)53-47(41)43)29-36(31-38)51(34-17-5-2-6-18-34)44-25-13-23-42-40-21-8-10-27-46(40)54-48(42)44/h1-31H. The Morgan fingerprint density at radius 2 is 0.833 bits per heavy atom. The van der Waals surface area contributed by atoms with Crippen LogP contribution in [0.2, 0.25) is 0 Å². The SMILES string of the molecule is Brc1cccc(Oc2cc(N(c3ccccc3)c3cccc4c3[te]c3ccccc34)cc(N(c3ccccc3)c3cccc4c3[te]c3ccccc34)c2)c1. The molecule has 0 aliphatic carbocycles. The van der Waals surface area contributed by atoms with Crippen LogP contribution in [-0.4, -0.2) is 40.9 Å². The van der Waals surface area contributed by atoms with Gasteiger partial charge in [0.2, 0.25) is 0 Å². The van der Waals surface area contributed by atoms with Gasteiger partial charge in [0.15, 0.2) is 0 Å². The fourth-order valence-corrected chi connectivity index (χ4v) is 14.6. The third kappa shape index (κ3) is 6.23. The summed E-state index contributed by atoms with van der Waals surface area (Å²) in [5.41, 5.74) is 6.72. The summed E-state index contributed by atoms with van der Waals surface area (Å²) < 4.78 is 13.7. The van der Waals surface area contributed by atoms with Gasteiger partial charge in [-0.05, 0) is 0 Å². The van der Waals surface area contributed by atoms with Crippen molar-refractivity contribution in [3.63, 3.8) is 0 Å². The van der Waals surface area contributed by atoms with Crippen molar-refractivity contribution >= 4 is 126 Å². The molecule has 0 radical (unpaired) electrons. The first-order valence-electron chi connectivity index (χ1n) is 17.8. The predicted molar refractivity (Wildman–Crippen MR) is 234 cm³/mol. The first kappa shape index (κ1) is 33.8. The van der Waals surface area contributed by atoms with Gasteiger partial charge in [0.1, 0.15) is 0 Å². The molecule has 0 spiro atoms. The maximum absolute atomic E-state index is 6.80. The van der Waals surface area contributed by atoms with E-state index in [4.69, 9.17) is 4.74 Å². The second-order valence-electron chi connectivity index (χ2n) is 13.1. The van der Waals surface area contributed by atoms with Crippen molar-refractivity contribution in [1.29, 1.82) is 0 Å². The molecule has 0 fully saturated rings. The van der Waals surface area contributed by atoms with E-state index in [1.54, 1.807) is 0 Å². The number of nitrogens with zero attached hydrogens (tertiary/aromatic N) is 2. The zero-order valence-electron chi connectivity index (χ0n) is 28.9. The minimum absolute atomic E-state index is 0.625. The average molecular weight is 987 g/mol. The molecular formula is C48H31BrN2OTe2. The van der Waals surface area contributed by atoms with E-state index in [1.165, 1.54) is 46.5 Å². The maximum atomic E-state index is 6.80. The van der Waals surface area contributed by atoms with E-state index in [-0.39, 0.29) is 0 Å². The Morgan fingerprint density at radius 1 is 0.370 bits per heavy atom. The van der Waals surface area contributed by atoms with E-state index >= 15 is 0 Å². The van der Waals surface area contributed by atoms with E-state index in [9.17, 15) is 0 Å². The predicted octanol–water partition coefficient (Wildman–Crippen LogP) is 13.9. The second-order valence-corrected chi connectivity index (χ2v) is 20.0. The van der Waals surface area contributed by atoms with Crippen LogP contribution in [-0.2, 0) is 0 Å². The average Bonchev–Trinajstić information content (AvgIpc) is 3.79. The number of benzene rings is 8. The Kier molecular flexibility index (Phi) is 9.04. The molecule has 0 saturated carbocycles. The Labute approximate surface area is 341 Å². The number of anilines is 6. The molecule has 10 rings (SSSR count). The molecule has 8 aromatic carbocycles.